The molecule has 1 saturated heterocycles. The minimum Gasteiger partial charge on any atom is -0.497 e. The van der Waals surface area contributed by atoms with Crippen LogP contribution in [-0.4, -0.2) is 19.7 Å². The summed E-state index contributed by atoms with van der Waals surface area (Å²) in [5.74, 6) is 1.54. The van der Waals surface area contributed by atoms with Gasteiger partial charge in [-0.2, -0.15) is 0 Å². The van der Waals surface area contributed by atoms with Gasteiger partial charge >= 0.3 is 0 Å². The fourth-order valence-corrected chi connectivity index (χ4v) is 5.26. The average Bonchev–Trinajstić information content (AvgIpc) is 2.61. The van der Waals surface area contributed by atoms with E-state index in [9.17, 15) is 4.79 Å². The Labute approximate surface area is 140 Å². The number of hydrogen-bond acceptors (Lipinski definition) is 4. The molecular formula is C19H23NO2S. The fraction of sp³-hybridized carbons (Fsp3) is 0.526. The second kappa shape index (κ2) is 6.16. The molecule has 0 radical (unpaired) electrons. The standard InChI is InChI=1S/C19H23NO2S/c1-22-14-8-9-18-15(11-14)19(21)17(12-23-18)20-10-4-6-13-5-2-3-7-16(13)20/h8-9,11-13,16H,2-7,10H2,1H3. The van der Waals surface area contributed by atoms with Crippen LogP contribution in [-0.2, 0) is 0 Å². The average molecular weight is 329 g/mol. The molecule has 0 N–H and O–H groups in total. The second-order valence-corrected chi connectivity index (χ2v) is 7.67. The maximum atomic E-state index is 13.1. The summed E-state index contributed by atoms with van der Waals surface area (Å²) >= 11 is 1.67. The molecule has 23 heavy (non-hydrogen) atoms. The number of benzene rings is 1. The lowest BCUT2D eigenvalue weighted by molar-refractivity contribution is 0.243. The molecular weight excluding hydrogens is 306 g/mol. The van der Waals surface area contributed by atoms with Gasteiger partial charge in [0.25, 0.3) is 0 Å². The SMILES string of the molecule is COc1ccc2scc(N3CCCC4CCCCC43)c(=O)c2c1. The molecule has 0 spiro atoms. The van der Waals surface area contributed by atoms with Crippen molar-refractivity contribution in [2.75, 3.05) is 18.6 Å². The summed E-state index contributed by atoms with van der Waals surface area (Å²) < 4.78 is 6.34. The van der Waals surface area contributed by atoms with E-state index in [4.69, 9.17) is 4.74 Å². The van der Waals surface area contributed by atoms with Crippen LogP contribution in [0.4, 0.5) is 5.69 Å². The Bertz CT molecular complexity index is 768. The highest BCUT2D eigenvalue weighted by atomic mass is 32.1. The summed E-state index contributed by atoms with van der Waals surface area (Å²) in [5.41, 5.74) is 1.08. The number of rotatable bonds is 2. The van der Waals surface area contributed by atoms with Gasteiger partial charge in [-0.25, -0.2) is 0 Å². The van der Waals surface area contributed by atoms with E-state index in [1.165, 1.54) is 38.5 Å². The van der Waals surface area contributed by atoms with Gasteiger partial charge in [-0.05, 0) is 49.8 Å². The predicted octanol–water partition coefficient (Wildman–Crippen LogP) is 4.43. The van der Waals surface area contributed by atoms with Crippen molar-refractivity contribution in [1.29, 1.82) is 0 Å². The van der Waals surface area contributed by atoms with Crippen molar-refractivity contribution in [3.8, 4) is 5.75 Å². The fourth-order valence-electron chi connectivity index (χ4n) is 4.35. The smallest absolute Gasteiger partial charge is 0.211 e. The zero-order valence-electron chi connectivity index (χ0n) is 13.6. The Morgan fingerprint density at radius 2 is 2.00 bits per heavy atom. The van der Waals surface area contributed by atoms with Crippen LogP contribution < -0.4 is 15.1 Å². The molecule has 2 unspecified atom stereocenters. The van der Waals surface area contributed by atoms with Crippen molar-refractivity contribution >= 4 is 27.1 Å². The molecule has 1 aliphatic carbocycles. The summed E-state index contributed by atoms with van der Waals surface area (Å²) in [7, 11) is 1.65. The lowest BCUT2D eigenvalue weighted by Crippen LogP contribution is -2.48. The number of anilines is 1. The summed E-state index contributed by atoms with van der Waals surface area (Å²) in [6, 6.07) is 6.38. The van der Waals surface area contributed by atoms with Crippen molar-refractivity contribution in [3.63, 3.8) is 0 Å². The molecule has 3 nitrogen and oxygen atoms in total. The third-order valence-electron chi connectivity index (χ3n) is 5.51. The van der Waals surface area contributed by atoms with Crippen LogP contribution in [0.3, 0.4) is 0 Å². The highest BCUT2D eigenvalue weighted by Crippen LogP contribution is 2.37. The van der Waals surface area contributed by atoms with Gasteiger partial charge in [0, 0.05) is 28.1 Å². The Morgan fingerprint density at radius 3 is 2.87 bits per heavy atom. The summed E-state index contributed by atoms with van der Waals surface area (Å²) in [5, 5.41) is 2.87. The normalized spacial score (nSPS) is 24.5. The molecule has 1 aliphatic heterocycles. The number of fused-ring (bicyclic) bond motifs is 2. The van der Waals surface area contributed by atoms with E-state index in [1.54, 1.807) is 18.4 Å². The molecule has 0 bridgehead atoms. The van der Waals surface area contributed by atoms with Crippen molar-refractivity contribution in [1.82, 2.24) is 0 Å². The Kier molecular flexibility index (Phi) is 4.02. The molecule has 1 saturated carbocycles. The second-order valence-electron chi connectivity index (χ2n) is 6.76. The van der Waals surface area contributed by atoms with Gasteiger partial charge in [0.15, 0.2) is 0 Å². The molecule has 1 aromatic heterocycles. The highest BCUT2D eigenvalue weighted by Gasteiger charge is 2.34. The molecule has 0 amide bonds. The molecule has 2 aliphatic rings. The minimum atomic E-state index is 0.170. The lowest BCUT2D eigenvalue weighted by Gasteiger charge is -2.45. The van der Waals surface area contributed by atoms with Crippen molar-refractivity contribution in [3.05, 3.63) is 33.8 Å². The first-order valence-electron chi connectivity index (χ1n) is 8.64. The maximum Gasteiger partial charge on any atom is 0.211 e. The van der Waals surface area contributed by atoms with Gasteiger partial charge in [-0.3, -0.25) is 4.79 Å². The third-order valence-corrected chi connectivity index (χ3v) is 6.47. The zero-order chi connectivity index (χ0) is 15.8. The van der Waals surface area contributed by atoms with Gasteiger partial charge < -0.3 is 9.64 Å². The van der Waals surface area contributed by atoms with Crippen LogP contribution in [0.1, 0.15) is 38.5 Å². The van der Waals surface area contributed by atoms with Crippen LogP contribution in [0.25, 0.3) is 10.1 Å². The van der Waals surface area contributed by atoms with Gasteiger partial charge in [-0.1, -0.05) is 12.8 Å². The van der Waals surface area contributed by atoms with Gasteiger partial charge in [0.1, 0.15) is 5.75 Å². The number of piperidine rings is 1. The summed E-state index contributed by atoms with van der Waals surface area (Å²) in [6.07, 6.45) is 7.78. The maximum absolute atomic E-state index is 13.1. The van der Waals surface area contributed by atoms with E-state index in [-0.39, 0.29) is 5.43 Å². The highest BCUT2D eigenvalue weighted by molar-refractivity contribution is 7.16. The monoisotopic (exact) mass is 329 g/mol. The predicted molar refractivity (Wildman–Crippen MR) is 97.0 cm³/mol. The first-order valence-corrected chi connectivity index (χ1v) is 9.52. The van der Waals surface area contributed by atoms with E-state index < -0.39 is 0 Å². The summed E-state index contributed by atoms with van der Waals surface area (Å²) in [4.78, 5) is 15.5. The van der Waals surface area contributed by atoms with Gasteiger partial charge in [0.05, 0.1) is 12.8 Å². The molecule has 4 heteroatoms. The Hall–Kier alpha value is -1.55. The van der Waals surface area contributed by atoms with Crippen molar-refractivity contribution in [2.45, 2.75) is 44.6 Å². The van der Waals surface area contributed by atoms with Crippen LogP contribution in [0, 0.1) is 5.92 Å². The van der Waals surface area contributed by atoms with Crippen LogP contribution in [0.2, 0.25) is 0 Å². The van der Waals surface area contributed by atoms with E-state index in [0.717, 1.165) is 34.0 Å². The molecule has 2 heterocycles. The number of methoxy groups -OCH3 is 1. The van der Waals surface area contributed by atoms with Crippen LogP contribution in [0.15, 0.2) is 28.4 Å². The van der Waals surface area contributed by atoms with E-state index in [1.807, 2.05) is 18.2 Å². The Morgan fingerprint density at radius 1 is 1.17 bits per heavy atom. The molecule has 2 aromatic rings. The lowest BCUT2D eigenvalue weighted by atomic mass is 9.78. The third kappa shape index (κ3) is 2.63. The first kappa shape index (κ1) is 15.0. The molecule has 122 valence electrons. The van der Waals surface area contributed by atoms with Gasteiger partial charge in [-0.15, -0.1) is 11.3 Å². The van der Waals surface area contributed by atoms with Crippen molar-refractivity contribution < 1.29 is 4.74 Å². The number of nitrogens with zero attached hydrogens (tertiary/aromatic N) is 1. The molecule has 2 fully saturated rings. The minimum absolute atomic E-state index is 0.170. The number of hydrogen-bond donors (Lipinski definition) is 0. The van der Waals surface area contributed by atoms with Crippen molar-refractivity contribution in [2.24, 2.45) is 5.92 Å². The largest absolute Gasteiger partial charge is 0.497 e. The van der Waals surface area contributed by atoms with E-state index in [0.29, 0.717) is 6.04 Å². The zero-order valence-corrected chi connectivity index (χ0v) is 14.4. The summed E-state index contributed by atoms with van der Waals surface area (Å²) in [6.45, 7) is 1.03. The topological polar surface area (TPSA) is 29.5 Å². The van der Waals surface area contributed by atoms with E-state index in [2.05, 4.69) is 10.3 Å². The Balaban J connectivity index is 1.78. The number of ether oxygens (including phenoxy) is 1. The quantitative estimate of drug-likeness (QED) is 0.816. The molecule has 4 rings (SSSR count). The molecule has 2 atom stereocenters. The van der Waals surface area contributed by atoms with Crippen LogP contribution in [0.5, 0.6) is 5.75 Å². The van der Waals surface area contributed by atoms with E-state index >= 15 is 0 Å². The first-order chi connectivity index (χ1) is 11.3. The van der Waals surface area contributed by atoms with Gasteiger partial charge in [0.2, 0.25) is 5.43 Å². The van der Waals surface area contributed by atoms with Crippen LogP contribution >= 0.6 is 11.3 Å². The molecule has 1 aromatic carbocycles.